The van der Waals surface area contributed by atoms with Crippen LogP contribution in [0.25, 0.3) is 17.2 Å². The summed E-state index contributed by atoms with van der Waals surface area (Å²) in [5, 5.41) is 8.91. The van der Waals surface area contributed by atoms with Crippen LogP contribution in [0, 0.1) is 11.7 Å². The zero-order chi connectivity index (χ0) is 23.7. The number of rotatable bonds is 6. The van der Waals surface area contributed by atoms with Gasteiger partial charge in [0.1, 0.15) is 5.82 Å². The second-order valence-electron chi connectivity index (χ2n) is 8.50. The van der Waals surface area contributed by atoms with Crippen molar-refractivity contribution in [1.29, 1.82) is 0 Å². The van der Waals surface area contributed by atoms with Crippen molar-refractivity contribution in [1.82, 2.24) is 10.4 Å². The number of aromatic nitrogens is 1. The molecule has 3 N–H and O–H groups in total. The largest absolute Gasteiger partial charge is 0.478 e. The number of aliphatic carboxylic acids is 1. The molecule has 1 aromatic heterocycles. The minimum Gasteiger partial charge on any atom is -0.478 e. The first-order chi connectivity index (χ1) is 16.5. The first kappa shape index (κ1) is 22.0. The number of halogens is 2. The third-order valence-corrected chi connectivity index (χ3v) is 6.41. The number of carboxylic acid groups (broad SMARTS) is 1. The van der Waals surface area contributed by atoms with Crippen LogP contribution in [0.3, 0.4) is 0 Å². The Morgan fingerprint density at radius 2 is 1.85 bits per heavy atom. The normalized spacial score (nSPS) is 18.2. The van der Waals surface area contributed by atoms with Gasteiger partial charge in [-0.1, -0.05) is 36.8 Å². The van der Waals surface area contributed by atoms with Crippen LogP contribution in [0.1, 0.15) is 53.4 Å². The second kappa shape index (κ2) is 9.19. The molecule has 1 aliphatic heterocycles. The molecule has 1 aliphatic carbocycles. The molecule has 2 heterocycles. The molecule has 3 aromatic rings. The van der Waals surface area contributed by atoms with E-state index in [1.165, 1.54) is 12.3 Å². The first-order valence-corrected chi connectivity index (χ1v) is 11.2. The highest BCUT2D eigenvalue weighted by molar-refractivity contribution is 6.00. The molecular formula is C27H23F2N3O2. The summed E-state index contributed by atoms with van der Waals surface area (Å²) in [5.41, 5.74) is 11.2. The van der Waals surface area contributed by atoms with Crippen LogP contribution in [-0.2, 0) is 4.79 Å². The molecule has 5 rings (SSSR count). The van der Waals surface area contributed by atoms with Gasteiger partial charge in [0.05, 0.1) is 11.9 Å². The minimum atomic E-state index is -1.34. The Kier molecular flexibility index (Phi) is 5.94. The van der Waals surface area contributed by atoms with Crippen molar-refractivity contribution in [3.05, 3.63) is 101 Å². The molecule has 1 atom stereocenters. The molecule has 2 aromatic carbocycles. The maximum Gasteiger partial charge on any atom is 0.328 e. The van der Waals surface area contributed by atoms with Gasteiger partial charge in [0.15, 0.2) is 6.30 Å². The molecule has 34 heavy (non-hydrogen) atoms. The monoisotopic (exact) mass is 459 g/mol. The summed E-state index contributed by atoms with van der Waals surface area (Å²) in [6.45, 7) is 0. The van der Waals surface area contributed by atoms with Gasteiger partial charge in [0.25, 0.3) is 0 Å². The van der Waals surface area contributed by atoms with Crippen LogP contribution >= 0.6 is 0 Å². The van der Waals surface area contributed by atoms with Gasteiger partial charge in [-0.2, -0.15) is 0 Å². The summed E-state index contributed by atoms with van der Waals surface area (Å²) in [6, 6.07) is 14.7. The van der Waals surface area contributed by atoms with E-state index in [0.717, 1.165) is 53.2 Å². The standard InChI is InChI=1S/C27H23F2N3O2/c28-22-15-30-13-12-20(22)26(17-2-1-3-17)25(18-7-4-16(5-8-18)6-11-24(33)34)19-9-10-23-21(14-19)27(29)32-31-23/h4-15,17,27,31-32H,1-3H2,(H,33,34)/b11-6+,26-25+. The zero-order valence-electron chi connectivity index (χ0n) is 18.3. The number of anilines is 1. The number of nitrogens with one attached hydrogen (secondary N) is 2. The third-order valence-electron chi connectivity index (χ3n) is 6.41. The third kappa shape index (κ3) is 4.22. The maximum absolute atomic E-state index is 15.0. The lowest BCUT2D eigenvalue weighted by Gasteiger charge is -2.32. The molecule has 2 aliphatic rings. The first-order valence-electron chi connectivity index (χ1n) is 11.2. The SMILES string of the molecule is O=C(O)/C=C/c1ccc(/C(=C(\c2ccncc2F)C2CCC2)c2ccc3c(c2)C(F)NN3)cc1. The van der Waals surface area contributed by atoms with E-state index in [4.69, 9.17) is 5.11 Å². The van der Waals surface area contributed by atoms with Gasteiger partial charge in [-0.15, -0.1) is 0 Å². The molecule has 0 amide bonds. The van der Waals surface area contributed by atoms with Gasteiger partial charge in [0.2, 0.25) is 0 Å². The van der Waals surface area contributed by atoms with E-state index in [9.17, 15) is 9.18 Å². The van der Waals surface area contributed by atoms with Gasteiger partial charge in [-0.25, -0.2) is 19.0 Å². The molecule has 1 saturated carbocycles. The number of benzene rings is 2. The summed E-state index contributed by atoms with van der Waals surface area (Å²) in [5.74, 6) is -1.24. The highest BCUT2D eigenvalue weighted by Gasteiger charge is 2.30. The number of hydrazine groups is 1. The molecule has 0 saturated heterocycles. The van der Waals surface area contributed by atoms with E-state index in [2.05, 4.69) is 15.8 Å². The summed E-state index contributed by atoms with van der Waals surface area (Å²) in [4.78, 5) is 14.8. The Morgan fingerprint density at radius 1 is 1.09 bits per heavy atom. The Bertz CT molecular complexity index is 1300. The number of pyridine rings is 1. The van der Waals surface area contributed by atoms with Gasteiger partial charge in [0, 0.05) is 23.4 Å². The van der Waals surface area contributed by atoms with E-state index in [-0.39, 0.29) is 5.92 Å². The van der Waals surface area contributed by atoms with Gasteiger partial charge in [-0.3, -0.25) is 4.98 Å². The highest BCUT2D eigenvalue weighted by atomic mass is 19.1. The predicted octanol–water partition coefficient (Wildman–Crippen LogP) is 5.98. The minimum absolute atomic E-state index is 0.171. The number of alkyl halides is 1. The number of carbonyl (C=O) groups is 1. The Balaban J connectivity index is 1.72. The summed E-state index contributed by atoms with van der Waals surface area (Å²) < 4.78 is 29.5. The number of nitrogens with zero attached hydrogens (tertiary/aromatic N) is 1. The van der Waals surface area contributed by atoms with Crippen molar-refractivity contribution in [2.45, 2.75) is 25.6 Å². The quantitative estimate of drug-likeness (QED) is 0.313. The van der Waals surface area contributed by atoms with Gasteiger partial charge >= 0.3 is 5.97 Å². The molecule has 1 fully saturated rings. The second-order valence-corrected chi connectivity index (χ2v) is 8.50. The fourth-order valence-electron chi connectivity index (χ4n) is 4.52. The van der Waals surface area contributed by atoms with E-state index >= 15 is 4.39 Å². The fraction of sp³-hybridized carbons (Fsp3) is 0.185. The topological polar surface area (TPSA) is 74.2 Å². The number of carboxylic acids is 1. The van der Waals surface area contributed by atoms with Crippen molar-refractivity contribution in [3.63, 3.8) is 0 Å². The smallest absolute Gasteiger partial charge is 0.328 e. The highest BCUT2D eigenvalue weighted by Crippen LogP contribution is 2.46. The van der Waals surface area contributed by atoms with Crippen molar-refractivity contribution in [2.75, 3.05) is 5.43 Å². The lowest BCUT2D eigenvalue weighted by Crippen LogP contribution is -2.16. The average molecular weight is 459 g/mol. The van der Waals surface area contributed by atoms with Gasteiger partial charge < -0.3 is 10.5 Å². The van der Waals surface area contributed by atoms with Crippen LogP contribution in [-0.4, -0.2) is 16.1 Å². The number of fused-ring (bicyclic) bond motifs is 1. The van der Waals surface area contributed by atoms with Crippen LogP contribution in [0.5, 0.6) is 0 Å². The zero-order valence-corrected chi connectivity index (χ0v) is 18.3. The van der Waals surface area contributed by atoms with Crippen LogP contribution < -0.4 is 10.9 Å². The van der Waals surface area contributed by atoms with E-state index in [1.807, 2.05) is 36.4 Å². The summed E-state index contributed by atoms with van der Waals surface area (Å²) in [6.07, 6.45) is 7.02. The molecule has 7 heteroatoms. The van der Waals surface area contributed by atoms with Crippen molar-refractivity contribution in [2.24, 2.45) is 5.92 Å². The summed E-state index contributed by atoms with van der Waals surface area (Å²) >= 11 is 0. The van der Waals surface area contributed by atoms with E-state index in [0.29, 0.717) is 16.8 Å². The van der Waals surface area contributed by atoms with Crippen molar-refractivity contribution in [3.8, 4) is 0 Å². The maximum atomic E-state index is 15.0. The van der Waals surface area contributed by atoms with Crippen molar-refractivity contribution >= 4 is 28.9 Å². The Hall–Kier alpha value is -3.84. The lowest BCUT2D eigenvalue weighted by atomic mass is 9.73. The molecule has 5 nitrogen and oxygen atoms in total. The molecule has 0 spiro atoms. The number of hydrogen-bond donors (Lipinski definition) is 3. The molecular weight excluding hydrogens is 436 g/mol. The van der Waals surface area contributed by atoms with Crippen molar-refractivity contribution < 1.29 is 18.7 Å². The Morgan fingerprint density at radius 3 is 2.53 bits per heavy atom. The molecule has 0 bridgehead atoms. The fourth-order valence-corrected chi connectivity index (χ4v) is 4.52. The van der Waals surface area contributed by atoms with Crippen LogP contribution in [0.2, 0.25) is 0 Å². The van der Waals surface area contributed by atoms with E-state index < -0.39 is 18.1 Å². The number of hydrogen-bond acceptors (Lipinski definition) is 4. The molecule has 1 unspecified atom stereocenters. The number of allylic oxidation sites excluding steroid dienone is 1. The van der Waals surface area contributed by atoms with E-state index in [1.54, 1.807) is 18.3 Å². The predicted molar refractivity (Wildman–Crippen MR) is 128 cm³/mol. The van der Waals surface area contributed by atoms with Crippen LogP contribution in [0.4, 0.5) is 14.5 Å². The lowest BCUT2D eigenvalue weighted by molar-refractivity contribution is -0.131. The Labute approximate surface area is 195 Å². The average Bonchev–Trinajstić information content (AvgIpc) is 3.17. The summed E-state index contributed by atoms with van der Waals surface area (Å²) in [7, 11) is 0. The molecule has 0 radical (unpaired) electrons. The van der Waals surface area contributed by atoms with Gasteiger partial charge in [-0.05, 0) is 70.9 Å². The molecule has 172 valence electrons. The van der Waals surface area contributed by atoms with Crippen LogP contribution in [0.15, 0.2) is 67.0 Å².